The van der Waals surface area contributed by atoms with E-state index in [9.17, 15) is 19.2 Å². The van der Waals surface area contributed by atoms with Crippen LogP contribution in [0.1, 0.15) is 79.1 Å². The Morgan fingerprint density at radius 1 is 0.897 bits per heavy atom. The van der Waals surface area contributed by atoms with Crippen LogP contribution in [0.5, 0.6) is 0 Å². The molecule has 0 aromatic carbocycles. The minimum Gasteiger partial charge on any atom is -0.466 e. The van der Waals surface area contributed by atoms with Gasteiger partial charge in [-0.05, 0) is 72.7 Å². The Labute approximate surface area is 230 Å². The third-order valence-electron chi connectivity index (χ3n) is 10.6. The van der Waals surface area contributed by atoms with Crippen molar-refractivity contribution in [3.8, 4) is 0 Å². The molecule has 0 unspecified atom stereocenters. The molecule has 0 aliphatic heterocycles. The van der Waals surface area contributed by atoms with E-state index >= 15 is 0 Å². The van der Waals surface area contributed by atoms with Crippen molar-refractivity contribution in [1.82, 2.24) is 0 Å². The van der Waals surface area contributed by atoms with E-state index in [2.05, 4.69) is 19.9 Å². The number of ether oxygens (including phenoxy) is 4. The predicted octanol–water partition coefficient (Wildman–Crippen LogP) is 4.97. The maximum absolute atomic E-state index is 13.1. The molecule has 0 saturated heterocycles. The van der Waals surface area contributed by atoms with Crippen LogP contribution >= 0.6 is 0 Å². The molecule has 0 heterocycles. The van der Waals surface area contributed by atoms with Crippen LogP contribution in [0, 0.1) is 34.5 Å². The van der Waals surface area contributed by atoms with Crippen molar-refractivity contribution in [2.24, 2.45) is 34.5 Å². The molecular weight excluding hydrogens is 500 g/mol. The number of fused-ring (bicyclic) bond motifs is 7. The van der Waals surface area contributed by atoms with Crippen molar-refractivity contribution >= 4 is 23.9 Å². The maximum Gasteiger partial charge on any atom is 0.334 e. The molecular formula is C31H40O8. The van der Waals surface area contributed by atoms with Gasteiger partial charge in [-0.2, -0.15) is 0 Å². The van der Waals surface area contributed by atoms with Crippen LogP contribution in [0.4, 0.5) is 0 Å². The first-order chi connectivity index (χ1) is 18.4. The molecule has 5 aliphatic rings. The first-order valence-corrected chi connectivity index (χ1v) is 14.1. The molecule has 7 atom stereocenters. The highest BCUT2D eigenvalue weighted by Gasteiger charge is 2.62. The summed E-state index contributed by atoms with van der Waals surface area (Å²) in [5.41, 5.74) is 2.72. The monoisotopic (exact) mass is 540 g/mol. The van der Waals surface area contributed by atoms with Crippen LogP contribution in [-0.2, 0) is 38.1 Å². The van der Waals surface area contributed by atoms with E-state index < -0.39 is 17.9 Å². The Hall–Kier alpha value is -2.90. The number of allylic oxidation sites excluding steroid dienone is 3. The normalized spacial score (nSPS) is 37.0. The number of methoxy groups -OCH3 is 2. The fourth-order valence-corrected chi connectivity index (χ4v) is 9.10. The minimum absolute atomic E-state index is 0.0399. The molecule has 0 spiro atoms. The second-order valence-electron chi connectivity index (χ2n) is 12.5. The van der Waals surface area contributed by atoms with Crippen molar-refractivity contribution < 1.29 is 38.1 Å². The van der Waals surface area contributed by atoms with Gasteiger partial charge < -0.3 is 18.9 Å². The van der Waals surface area contributed by atoms with Gasteiger partial charge in [0.1, 0.15) is 11.9 Å². The lowest BCUT2D eigenvalue weighted by atomic mass is 9.47. The van der Waals surface area contributed by atoms with Gasteiger partial charge in [0.2, 0.25) is 0 Å². The lowest BCUT2D eigenvalue weighted by Gasteiger charge is -2.57. The van der Waals surface area contributed by atoms with Gasteiger partial charge in [0, 0.05) is 32.6 Å². The van der Waals surface area contributed by atoms with Crippen molar-refractivity contribution in [3.05, 3.63) is 34.1 Å². The zero-order chi connectivity index (χ0) is 28.3. The number of rotatable bonds is 4. The van der Waals surface area contributed by atoms with Crippen LogP contribution < -0.4 is 0 Å². The molecule has 0 radical (unpaired) electrons. The Kier molecular flexibility index (Phi) is 7.04. The number of carbonyl (C=O) groups is 4. The van der Waals surface area contributed by atoms with Crippen LogP contribution in [0.25, 0.3) is 0 Å². The highest BCUT2D eigenvalue weighted by atomic mass is 16.5. The Bertz CT molecular complexity index is 1210. The summed E-state index contributed by atoms with van der Waals surface area (Å²) < 4.78 is 21.6. The third kappa shape index (κ3) is 4.34. The van der Waals surface area contributed by atoms with Gasteiger partial charge in [-0.3, -0.25) is 9.59 Å². The third-order valence-corrected chi connectivity index (χ3v) is 10.6. The Balaban J connectivity index is 1.55. The van der Waals surface area contributed by atoms with Crippen molar-refractivity contribution in [1.29, 1.82) is 0 Å². The second-order valence-corrected chi connectivity index (χ2v) is 12.5. The highest BCUT2D eigenvalue weighted by molar-refractivity contribution is 6.02. The molecule has 212 valence electrons. The SMILES string of the molecule is COC(=O)C1=C(C(=O)OC)[C@@H]2C[C@H]3[C@@H]4CC=C5C[C@@H](OC(C)=O)CC[C@]5(C)[C@H]4CC[C@]3(C)C2=C(OC(C)=O)C1. The van der Waals surface area contributed by atoms with Gasteiger partial charge in [0.25, 0.3) is 0 Å². The highest BCUT2D eigenvalue weighted by Crippen LogP contribution is 2.69. The molecule has 8 heteroatoms. The summed E-state index contributed by atoms with van der Waals surface area (Å²) in [5.74, 6) is -0.552. The van der Waals surface area contributed by atoms with Crippen LogP contribution in [0.3, 0.4) is 0 Å². The summed E-state index contributed by atoms with van der Waals surface area (Å²) in [6, 6.07) is 0. The first-order valence-electron chi connectivity index (χ1n) is 14.1. The van der Waals surface area contributed by atoms with E-state index in [0.29, 0.717) is 29.6 Å². The molecule has 0 N–H and O–H groups in total. The molecule has 3 saturated carbocycles. The van der Waals surface area contributed by atoms with Gasteiger partial charge in [0.05, 0.1) is 25.4 Å². The fraction of sp³-hybridized carbons (Fsp3) is 0.677. The lowest BCUT2D eigenvalue weighted by molar-refractivity contribution is -0.148. The number of hydrogen-bond donors (Lipinski definition) is 0. The van der Waals surface area contributed by atoms with Crippen LogP contribution in [0.15, 0.2) is 34.1 Å². The molecule has 0 aromatic rings. The number of esters is 4. The van der Waals surface area contributed by atoms with Crippen LogP contribution in [0.2, 0.25) is 0 Å². The maximum atomic E-state index is 13.1. The second kappa shape index (κ2) is 9.93. The Morgan fingerprint density at radius 2 is 1.59 bits per heavy atom. The standard InChI is InChI=1S/C31H40O8/c1-16(32)38-19-9-11-30(3)18(13-19)7-8-20-23(30)10-12-31(4)24(20)14-21-26(29(35)37-6)22(28(34)36-5)15-25(27(21)31)39-17(2)33/h7,19-21,23-24H,8-15H2,1-6H3/t19-,20+,21-,23-,24-,30-,31-/m0/s1. The van der Waals surface area contributed by atoms with Gasteiger partial charge in [-0.25, -0.2) is 9.59 Å². The molecule has 5 aliphatic carbocycles. The van der Waals surface area contributed by atoms with Gasteiger partial charge >= 0.3 is 23.9 Å². The summed E-state index contributed by atoms with van der Waals surface area (Å²) in [7, 11) is 2.62. The van der Waals surface area contributed by atoms with E-state index in [1.165, 1.54) is 33.6 Å². The first kappa shape index (κ1) is 27.7. The number of carbonyl (C=O) groups excluding carboxylic acids is 4. The zero-order valence-electron chi connectivity index (χ0n) is 23.9. The average Bonchev–Trinajstić information content (AvgIpc) is 3.20. The molecule has 8 nitrogen and oxygen atoms in total. The molecule has 3 fully saturated rings. The van der Waals surface area contributed by atoms with E-state index in [-0.39, 0.29) is 46.7 Å². The van der Waals surface area contributed by atoms with E-state index in [0.717, 1.165) is 44.1 Å². The van der Waals surface area contributed by atoms with Crippen LogP contribution in [-0.4, -0.2) is 44.2 Å². The van der Waals surface area contributed by atoms with Gasteiger partial charge in [-0.15, -0.1) is 0 Å². The predicted molar refractivity (Wildman–Crippen MR) is 141 cm³/mol. The zero-order valence-corrected chi connectivity index (χ0v) is 23.9. The molecule has 0 aromatic heterocycles. The summed E-state index contributed by atoms with van der Waals surface area (Å²) >= 11 is 0. The molecule has 39 heavy (non-hydrogen) atoms. The van der Waals surface area contributed by atoms with E-state index in [1.807, 2.05) is 0 Å². The van der Waals surface area contributed by atoms with Gasteiger partial charge in [-0.1, -0.05) is 25.5 Å². The van der Waals surface area contributed by atoms with Gasteiger partial charge in [0.15, 0.2) is 0 Å². The van der Waals surface area contributed by atoms with Crippen molar-refractivity contribution in [3.63, 3.8) is 0 Å². The smallest absolute Gasteiger partial charge is 0.334 e. The Morgan fingerprint density at radius 3 is 2.23 bits per heavy atom. The summed E-state index contributed by atoms with van der Waals surface area (Å²) in [6.45, 7) is 7.47. The number of hydrogen-bond acceptors (Lipinski definition) is 8. The summed E-state index contributed by atoms with van der Waals surface area (Å²) in [5, 5.41) is 0. The molecule has 0 amide bonds. The topological polar surface area (TPSA) is 105 Å². The van der Waals surface area contributed by atoms with Crippen molar-refractivity contribution in [2.75, 3.05) is 14.2 Å². The quantitative estimate of drug-likeness (QED) is 0.280. The fourth-order valence-electron chi connectivity index (χ4n) is 9.10. The average molecular weight is 541 g/mol. The largest absolute Gasteiger partial charge is 0.466 e. The molecule has 5 rings (SSSR count). The summed E-state index contributed by atoms with van der Waals surface area (Å²) in [6.07, 6.45) is 8.55. The lowest BCUT2D eigenvalue weighted by Crippen LogP contribution is -2.50. The minimum atomic E-state index is -0.598. The summed E-state index contributed by atoms with van der Waals surface area (Å²) in [4.78, 5) is 49.8. The van der Waals surface area contributed by atoms with Crippen molar-refractivity contribution in [2.45, 2.75) is 85.2 Å². The molecule has 0 bridgehead atoms. The van der Waals surface area contributed by atoms with E-state index in [4.69, 9.17) is 18.9 Å². The van der Waals surface area contributed by atoms with E-state index in [1.54, 1.807) is 0 Å².